The Kier molecular flexibility index (Phi) is 7.00. The summed E-state index contributed by atoms with van der Waals surface area (Å²) in [5, 5.41) is 22.6. The molecular formula is C25H24N4O7. The Morgan fingerprint density at radius 2 is 1.89 bits per heavy atom. The molecule has 1 amide bonds. The van der Waals surface area contributed by atoms with Gasteiger partial charge in [0, 0.05) is 43.2 Å². The van der Waals surface area contributed by atoms with Gasteiger partial charge in [0.2, 0.25) is 0 Å². The molecule has 4 rings (SSSR count). The summed E-state index contributed by atoms with van der Waals surface area (Å²) in [6, 6.07) is 9.28. The number of benzene rings is 2. The predicted molar refractivity (Wildman–Crippen MR) is 128 cm³/mol. The van der Waals surface area contributed by atoms with Crippen molar-refractivity contribution in [2.75, 3.05) is 20.8 Å². The lowest BCUT2D eigenvalue weighted by molar-refractivity contribution is -0.384. The molecule has 36 heavy (non-hydrogen) atoms. The quantitative estimate of drug-likeness (QED) is 0.158. The molecule has 1 aliphatic rings. The Labute approximate surface area is 206 Å². The number of hydrogen-bond donors (Lipinski definition) is 1. The van der Waals surface area contributed by atoms with Crippen LogP contribution in [0, 0.1) is 10.1 Å². The highest BCUT2D eigenvalue weighted by atomic mass is 16.6. The highest BCUT2D eigenvalue weighted by molar-refractivity contribution is 6.46. The third-order valence-electron chi connectivity index (χ3n) is 5.97. The fraction of sp³-hybridized carbons (Fsp3) is 0.240. The summed E-state index contributed by atoms with van der Waals surface area (Å²) in [4.78, 5) is 42.5. The monoisotopic (exact) mass is 492 g/mol. The number of nitro groups is 1. The number of non-ortho nitro benzene ring substituents is 1. The number of Topliss-reactive ketones (excluding diaryl/α,β-unsaturated/α-hetero) is 1. The number of likely N-dealkylation sites (tertiary alicyclic amines) is 1. The van der Waals surface area contributed by atoms with Gasteiger partial charge in [-0.2, -0.15) is 0 Å². The molecule has 0 spiro atoms. The summed E-state index contributed by atoms with van der Waals surface area (Å²) >= 11 is 0. The van der Waals surface area contributed by atoms with Crippen molar-refractivity contribution in [2.24, 2.45) is 0 Å². The second kappa shape index (κ2) is 10.3. The van der Waals surface area contributed by atoms with Crippen LogP contribution in [0.1, 0.15) is 23.6 Å². The maximum Gasteiger partial charge on any atom is 0.295 e. The smallest absolute Gasteiger partial charge is 0.295 e. The molecule has 11 nitrogen and oxygen atoms in total. The lowest BCUT2D eigenvalue weighted by atomic mass is 9.94. The maximum atomic E-state index is 13.2. The third-order valence-corrected chi connectivity index (χ3v) is 5.97. The van der Waals surface area contributed by atoms with Gasteiger partial charge in [-0.25, -0.2) is 4.98 Å². The number of carbonyl (C=O) groups is 2. The number of nitro benzene ring substituents is 1. The van der Waals surface area contributed by atoms with Gasteiger partial charge in [0.15, 0.2) is 11.5 Å². The van der Waals surface area contributed by atoms with Crippen molar-refractivity contribution < 1.29 is 29.1 Å². The summed E-state index contributed by atoms with van der Waals surface area (Å²) in [6.07, 6.45) is 5.55. The molecule has 1 N–H and O–H groups in total. The van der Waals surface area contributed by atoms with E-state index in [0.29, 0.717) is 30.0 Å². The number of carbonyl (C=O) groups excluding carboxylic acids is 2. The first-order valence-corrected chi connectivity index (χ1v) is 11.1. The van der Waals surface area contributed by atoms with Crippen LogP contribution in [0.25, 0.3) is 5.76 Å². The number of rotatable bonds is 9. The molecule has 3 aromatic rings. The van der Waals surface area contributed by atoms with Crippen molar-refractivity contribution in [1.82, 2.24) is 14.5 Å². The Bertz CT molecular complexity index is 1330. The van der Waals surface area contributed by atoms with E-state index in [-0.39, 0.29) is 23.4 Å². The molecule has 2 aromatic carbocycles. The molecule has 1 aromatic heterocycles. The number of hydrogen-bond acceptors (Lipinski definition) is 8. The van der Waals surface area contributed by atoms with Crippen LogP contribution in [-0.2, 0) is 16.1 Å². The fourth-order valence-electron chi connectivity index (χ4n) is 4.25. The zero-order chi connectivity index (χ0) is 25.8. The number of ketones is 1. The van der Waals surface area contributed by atoms with Crippen molar-refractivity contribution in [3.63, 3.8) is 0 Å². The second-order valence-electron chi connectivity index (χ2n) is 8.07. The Morgan fingerprint density at radius 3 is 2.56 bits per heavy atom. The molecule has 11 heteroatoms. The number of aliphatic hydroxyl groups is 1. The number of amides is 1. The van der Waals surface area contributed by atoms with Gasteiger partial charge in [-0.05, 0) is 30.2 Å². The maximum absolute atomic E-state index is 13.2. The SMILES string of the molecule is COc1ccc(/C(O)=C2/C(=O)C(=O)N(CCCn3ccnc3)C2c2cccc([N+](=O)[O-])c2)cc1OC. The predicted octanol–water partition coefficient (Wildman–Crippen LogP) is 3.32. The first-order chi connectivity index (χ1) is 17.3. The van der Waals surface area contributed by atoms with Gasteiger partial charge in [0.05, 0.1) is 37.1 Å². The van der Waals surface area contributed by atoms with Crippen molar-refractivity contribution in [3.05, 3.63) is 88.0 Å². The number of nitrogens with zero attached hydrogens (tertiary/aromatic N) is 4. The topological polar surface area (TPSA) is 137 Å². The summed E-state index contributed by atoms with van der Waals surface area (Å²) in [5.41, 5.74) is 0.227. The summed E-state index contributed by atoms with van der Waals surface area (Å²) < 4.78 is 12.4. The van der Waals surface area contributed by atoms with E-state index in [4.69, 9.17) is 9.47 Å². The number of ether oxygens (including phenoxy) is 2. The number of aryl methyl sites for hydroxylation is 1. The minimum atomic E-state index is -1.01. The Morgan fingerprint density at radius 1 is 1.11 bits per heavy atom. The molecule has 1 aliphatic heterocycles. The van der Waals surface area contributed by atoms with Crippen LogP contribution < -0.4 is 9.47 Å². The summed E-state index contributed by atoms with van der Waals surface area (Å²) in [5.74, 6) is -1.34. The van der Waals surface area contributed by atoms with E-state index in [1.165, 1.54) is 49.5 Å². The van der Waals surface area contributed by atoms with Crippen molar-refractivity contribution in [2.45, 2.75) is 19.0 Å². The molecule has 186 valence electrons. The van der Waals surface area contributed by atoms with Crippen molar-refractivity contribution in [3.8, 4) is 11.5 Å². The summed E-state index contributed by atoms with van der Waals surface area (Å²) in [6.45, 7) is 0.721. The minimum absolute atomic E-state index is 0.157. The highest BCUT2D eigenvalue weighted by Gasteiger charge is 2.46. The van der Waals surface area contributed by atoms with Gasteiger partial charge >= 0.3 is 0 Å². The van der Waals surface area contributed by atoms with Crippen LogP contribution in [0.5, 0.6) is 11.5 Å². The average molecular weight is 492 g/mol. The lowest BCUT2D eigenvalue weighted by Crippen LogP contribution is -2.31. The van der Waals surface area contributed by atoms with E-state index in [1.54, 1.807) is 30.9 Å². The molecule has 0 radical (unpaired) electrons. The normalized spacial score (nSPS) is 16.8. The first kappa shape index (κ1) is 24.5. The molecular weight excluding hydrogens is 468 g/mol. The number of imidazole rings is 1. The number of methoxy groups -OCH3 is 2. The molecule has 0 bridgehead atoms. The number of aliphatic hydroxyl groups excluding tert-OH is 1. The van der Waals surface area contributed by atoms with Crippen molar-refractivity contribution >= 4 is 23.1 Å². The number of aromatic nitrogens is 2. The zero-order valence-electron chi connectivity index (χ0n) is 19.7. The minimum Gasteiger partial charge on any atom is -0.507 e. The largest absolute Gasteiger partial charge is 0.507 e. The van der Waals surface area contributed by atoms with E-state index < -0.39 is 28.4 Å². The highest BCUT2D eigenvalue weighted by Crippen LogP contribution is 2.41. The zero-order valence-corrected chi connectivity index (χ0v) is 19.7. The molecule has 2 heterocycles. The van der Waals surface area contributed by atoms with Gasteiger partial charge in [0.1, 0.15) is 5.76 Å². The summed E-state index contributed by atoms with van der Waals surface area (Å²) in [7, 11) is 2.90. The van der Waals surface area contributed by atoms with Gasteiger partial charge < -0.3 is 24.0 Å². The molecule has 1 fully saturated rings. The van der Waals surface area contributed by atoms with Gasteiger partial charge in [-0.15, -0.1) is 0 Å². The van der Waals surface area contributed by atoms with Crippen LogP contribution in [0.4, 0.5) is 5.69 Å². The molecule has 1 saturated heterocycles. The molecule has 1 unspecified atom stereocenters. The van der Waals surface area contributed by atoms with E-state index in [9.17, 15) is 24.8 Å². The Balaban J connectivity index is 1.79. The van der Waals surface area contributed by atoms with E-state index in [2.05, 4.69) is 4.98 Å². The van der Waals surface area contributed by atoms with Crippen LogP contribution in [0.2, 0.25) is 0 Å². The van der Waals surface area contributed by atoms with Gasteiger partial charge in [0.25, 0.3) is 17.4 Å². The van der Waals surface area contributed by atoms with Crippen LogP contribution in [-0.4, -0.2) is 56.9 Å². The van der Waals surface area contributed by atoms with E-state index >= 15 is 0 Å². The molecule has 0 saturated carbocycles. The van der Waals surface area contributed by atoms with Gasteiger partial charge in [-0.3, -0.25) is 19.7 Å². The van der Waals surface area contributed by atoms with Gasteiger partial charge in [-0.1, -0.05) is 12.1 Å². The molecule has 1 atom stereocenters. The van der Waals surface area contributed by atoms with E-state index in [1.807, 2.05) is 4.57 Å². The van der Waals surface area contributed by atoms with Crippen LogP contribution >= 0.6 is 0 Å². The molecule has 0 aliphatic carbocycles. The van der Waals surface area contributed by atoms with Crippen molar-refractivity contribution in [1.29, 1.82) is 0 Å². The Hall–Kier alpha value is -4.67. The standard InChI is InChI=1S/C25H24N4O7/c1-35-19-8-7-17(14-20(19)36-2)23(30)21-22(16-5-3-6-18(13-16)29(33)34)28(25(32)24(21)31)11-4-10-27-12-9-26-15-27/h3,5-9,12-15,22,30H,4,10-11H2,1-2H3/b23-21-. The average Bonchev–Trinajstić information content (AvgIpc) is 3.50. The lowest BCUT2D eigenvalue weighted by Gasteiger charge is -2.25. The van der Waals surface area contributed by atoms with Crippen LogP contribution in [0.3, 0.4) is 0 Å². The van der Waals surface area contributed by atoms with Crippen LogP contribution in [0.15, 0.2) is 66.8 Å². The third kappa shape index (κ3) is 4.63. The second-order valence-corrected chi connectivity index (χ2v) is 8.07. The fourth-order valence-corrected chi connectivity index (χ4v) is 4.25. The van der Waals surface area contributed by atoms with E-state index in [0.717, 1.165) is 0 Å². The first-order valence-electron chi connectivity index (χ1n) is 11.1.